The number of hydrogen-bond donors (Lipinski definition) is 2. The van der Waals surface area contributed by atoms with Gasteiger partial charge in [-0.05, 0) is 44.1 Å². The van der Waals surface area contributed by atoms with Gasteiger partial charge in [-0.3, -0.25) is 14.3 Å². The number of aromatic amines is 1. The van der Waals surface area contributed by atoms with Crippen LogP contribution in [-0.2, 0) is 18.3 Å². The first-order valence-electron chi connectivity index (χ1n) is 8.20. The fourth-order valence-electron chi connectivity index (χ4n) is 3.31. The third-order valence-corrected chi connectivity index (χ3v) is 5.00. The van der Waals surface area contributed by atoms with E-state index in [0.717, 1.165) is 34.8 Å². The summed E-state index contributed by atoms with van der Waals surface area (Å²) < 4.78 is 1.69. The van der Waals surface area contributed by atoms with Crippen LogP contribution in [0.15, 0.2) is 4.79 Å². The summed E-state index contributed by atoms with van der Waals surface area (Å²) in [5, 5.41) is 8.31. The maximum Gasteiger partial charge on any atom is 0.253 e. The number of H-pyrrole nitrogens is 1. The molecule has 0 aliphatic heterocycles. The summed E-state index contributed by atoms with van der Waals surface area (Å²) in [5.41, 5.74) is 3.12. The molecule has 2 aromatic rings. The predicted molar refractivity (Wildman–Crippen MR) is 89.4 cm³/mol. The summed E-state index contributed by atoms with van der Waals surface area (Å²) in [7, 11) is 1.82. The van der Waals surface area contributed by atoms with Gasteiger partial charge >= 0.3 is 0 Å². The molecule has 0 aromatic carbocycles. The smallest absolute Gasteiger partial charge is 0.253 e. The van der Waals surface area contributed by atoms with E-state index in [1.807, 2.05) is 20.9 Å². The molecule has 1 aliphatic rings. The molecular weight excluding hydrogens is 292 g/mol. The maximum absolute atomic E-state index is 12.3. The quantitative estimate of drug-likeness (QED) is 0.879. The van der Waals surface area contributed by atoms with Gasteiger partial charge in [0, 0.05) is 31.0 Å². The molecular formula is C17H24N4O2. The van der Waals surface area contributed by atoms with E-state index in [1.165, 1.54) is 6.42 Å². The lowest BCUT2D eigenvalue weighted by Gasteiger charge is -2.08. The highest BCUT2D eigenvalue weighted by molar-refractivity contribution is 5.83. The van der Waals surface area contributed by atoms with E-state index in [4.69, 9.17) is 0 Å². The Morgan fingerprint density at radius 2 is 2.13 bits per heavy atom. The number of amides is 1. The topological polar surface area (TPSA) is 79.8 Å². The molecule has 1 saturated carbocycles. The fourth-order valence-corrected chi connectivity index (χ4v) is 3.31. The predicted octanol–water partition coefficient (Wildman–Crippen LogP) is 1.58. The highest BCUT2D eigenvalue weighted by atomic mass is 16.1. The van der Waals surface area contributed by atoms with Crippen LogP contribution in [0.25, 0.3) is 11.0 Å². The third kappa shape index (κ3) is 3.02. The molecule has 2 atom stereocenters. The minimum Gasteiger partial charge on any atom is -0.356 e. The zero-order valence-corrected chi connectivity index (χ0v) is 14.2. The zero-order valence-electron chi connectivity index (χ0n) is 14.2. The van der Waals surface area contributed by atoms with E-state index < -0.39 is 0 Å². The Kier molecular flexibility index (Phi) is 4.00. The Labute approximate surface area is 135 Å². The minimum atomic E-state index is -0.124. The maximum atomic E-state index is 12.3. The number of fused-ring (bicyclic) bond motifs is 1. The van der Waals surface area contributed by atoms with E-state index in [0.29, 0.717) is 24.3 Å². The van der Waals surface area contributed by atoms with Crippen LogP contribution in [-0.4, -0.2) is 27.2 Å². The average Bonchev–Trinajstić information content (AvgIpc) is 3.11. The van der Waals surface area contributed by atoms with Crippen LogP contribution in [0.1, 0.15) is 36.6 Å². The number of rotatable bonds is 5. The lowest BCUT2D eigenvalue weighted by Crippen LogP contribution is -2.27. The Hall–Kier alpha value is -2.11. The molecule has 124 valence electrons. The highest BCUT2D eigenvalue weighted by Gasteiger charge is 2.32. The zero-order chi connectivity index (χ0) is 16.7. The molecule has 0 saturated heterocycles. The standard InChI is InChI=1S/C17H24N4O2/c1-9-7-12(9)8-18-14(22)6-5-13-10(2)15-11(3)20-21(4)16(15)19-17(13)23/h9,12H,5-8H2,1-4H3,(H,18,22)(H,19,23)/t9-,12+/m1/s1. The Balaban J connectivity index is 1.73. The summed E-state index contributed by atoms with van der Waals surface area (Å²) in [6.45, 7) is 6.83. The van der Waals surface area contributed by atoms with Gasteiger partial charge < -0.3 is 10.3 Å². The van der Waals surface area contributed by atoms with Crippen LogP contribution >= 0.6 is 0 Å². The van der Waals surface area contributed by atoms with Crippen molar-refractivity contribution in [3.63, 3.8) is 0 Å². The van der Waals surface area contributed by atoms with Gasteiger partial charge in [0.05, 0.1) is 5.69 Å². The van der Waals surface area contributed by atoms with Gasteiger partial charge in [-0.1, -0.05) is 6.92 Å². The molecule has 2 N–H and O–H groups in total. The molecule has 23 heavy (non-hydrogen) atoms. The van der Waals surface area contributed by atoms with Crippen molar-refractivity contribution in [2.24, 2.45) is 18.9 Å². The Morgan fingerprint density at radius 3 is 2.78 bits per heavy atom. The summed E-state index contributed by atoms with van der Waals surface area (Å²) in [6.07, 6.45) is 2.00. The molecule has 0 bridgehead atoms. The van der Waals surface area contributed by atoms with E-state index in [9.17, 15) is 9.59 Å². The molecule has 0 unspecified atom stereocenters. The normalized spacial score (nSPS) is 20.0. The Morgan fingerprint density at radius 1 is 1.43 bits per heavy atom. The van der Waals surface area contributed by atoms with Crippen molar-refractivity contribution in [3.05, 3.63) is 27.2 Å². The van der Waals surface area contributed by atoms with Gasteiger partial charge in [-0.15, -0.1) is 0 Å². The van der Waals surface area contributed by atoms with E-state index in [2.05, 4.69) is 22.3 Å². The second-order valence-electron chi connectivity index (χ2n) is 6.77. The van der Waals surface area contributed by atoms with Gasteiger partial charge in [-0.25, -0.2) is 0 Å². The number of hydrogen-bond acceptors (Lipinski definition) is 3. The summed E-state index contributed by atoms with van der Waals surface area (Å²) in [6, 6.07) is 0. The van der Waals surface area contributed by atoms with Gasteiger partial charge in [0.25, 0.3) is 5.56 Å². The van der Waals surface area contributed by atoms with Crippen LogP contribution in [0.4, 0.5) is 0 Å². The van der Waals surface area contributed by atoms with Crippen LogP contribution in [0, 0.1) is 25.7 Å². The molecule has 2 heterocycles. The SMILES string of the molecule is Cc1nn(C)c2[nH]c(=O)c(CCC(=O)NC[C@@H]3C[C@H]3C)c(C)c12. The van der Waals surface area contributed by atoms with Crippen molar-refractivity contribution in [2.75, 3.05) is 6.54 Å². The van der Waals surface area contributed by atoms with Gasteiger partial charge in [0.15, 0.2) is 0 Å². The molecule has 0 radical (unpaired) electrons. The van der Waals surface area contributed by atoms with Crippen molar-refractivity contribution in [1.82, 2.24) is 20.1 Å². The van der Waals surface area contributed by atoms with E-state index in [-0.39, 0.29) is 11.5 Å². The number of aryl methyl sites for hydroxylation is 3. The minimum absolute atomic E-state index is 0.0194. The lowest BCUT2D eigenvalue weighted by molar-refractivity contribution is -0.121. The monoisotopic (exact) mass is 316 g/mol. The van der Waals surface area contributed by atoms with Crippen molar-refractivity contribution >= 4 is 16.9 Å². The van der Waals surface area contributed by atoms with Crippen molar-refractivity contribution in [2.45, 2.75) is 40.0 Å². The molecule has 3 rings (SSSR count). The second-order valence-corrected chi connectivity index (χ2v) is 6.77. The number of pyridine rings is 1. The molecule has 1 fully saturated rings. The molecule has 1 aliphatic carbocycles. The second kappa shape index (κ2) is 5.83. The van der Waals surface area contributed by atoms with Crippen molar-refractivity contribution in [1.29, 1.82) is 0 Å². The van der Waals surface area contributed by atoms with Gasteiger partial charge in [0.2, 0.25) is 5.91 Å². The first kappa shape index (κ1) is 15.8. The van der Waals surface area contributed by atoms with E-state index in [1.54, 1.807) is 4.68 Å². The first-order valence-corrected chi connectivity index (χ1v) is 8.20. The number of nitrogens with zero attached hydrogens (tertiary/aromatic N) is 2. The molecule has 1 amide bonds. The number of aromatic nitrogens is 3. The fraction of sp³-hybridized carbons (Fsp3) is 0.588. The van der Waals surface area contributed by atoms with E-state index >= 15 is 0 Å². The lowest BCUT2D eigenvalue weighted by atomic mass is 10.0. The average molecular weight is 316 g/mol. The number of nitrogens with one attached hydrogen (secondary N) is 2. The molecule has 6 heteroatoms. The molecule has 0 spiro atoms. The number of carbonyl (C=O) groups excluding carboxylic acids is 1. The first-order chi connectivity index (χ1) is 10.9. The Bertz CT molecular complexity index is 818. The van der Waals surface area contributed by atoms with Crippen molar-refractivity contribution < 1.29 is 4.79 Å². The van der Waals surface area contributed by atoms with Crippen LogP contribution in [0.5, 0.6) is 0 Å². The summed E-state index contributed by atoms with van der Waals surface area (Å²) in [4.78, 5) is 27.2. The van der Waals surface area contributed by atoms with Crippen molar-refractivity contribution in [3.8, 4) is 0 Å². The van der Waals surface area contributed by atoms with Gasteiger partial charge in [-0.2, -0.15) is 5.10 Å². The highest BCUT2D eigenvalue weighted by Crippen LogP contribution is 2.36. The molecule has 6 nitrogen and oxygen atoms in total. The molecule has 2 aromatic heterocycles. The van der Waals surface area contributed by atoms with Crippen LogP contribution in [0.3, 0.4) is 0 Å². The summed E-state index contributed by atoms with van der Waals surface area (Å²) in [5.74, 6) is 1.39. The van der Waals surface area contributed by atoms with Gasteiger partial charge in [0.1, 0.15) is 5.65 Å². The third-order valence-electron chi connectivity index (χ3n) is 5.00. The van der Waals surface area contributed by atoms with Crippen LogP contribution < -0.4 is 10.9 Å². The van der Waals surface area contributed by atoms with Crippen LogP contribution in [0.2, 0.25) is 0 Å². The number of carbonyl (C=O) groups is 1. The summed E-state index contributed by atoms with van der Waals surface area (Å²) >= 11 is 0. The largest absolute Gasteiger partial charge is 0.356 e.